The van der Waals surface area contributed by atoms with Gasteiger partial charge in [0.25, 0.3) is 0 Å². The van der Waals surface area contributed by atoms with Crippen LogP contribution in [0.4, 0.5) is 5.82 Å². The minimum atomic E-state index is 0.440. The zero-order valence-electron chi connectivity index (χ0n) is 16.8. The first-order valence-electron chi connectivity index (χ1n) is 10.3. The molecular weight excluding hydrogens is 354 g/mol. The zero-order valence-corrected chi connectivity index (χ0v) is 16.8. The predicted molar refractivity (Wildman–Crippen MR) is 109 cm³/mol. The first-order valence-corrected chi connectivity index (χ1v) is 10.3. The molecule has 0 radical (unpaired) electrons. The monoisotopic (exact) mass is 385 g/mol. The van der Waals surface area contributed by atoms with Crippen LogP contribution in [0.25, 0.3) is 0 Å². The van der Waals surface area contributed by atoms with Crippen molar-refractivity contribution in [3.63, 3.8) is 0 Å². The molecule has 7 heteroatoms. The van der Waals surface area contributed by atoms with E-state index in [1.807, 2.05) is 12.4 Å². The van der Waals surface area contributed by atoms with Crippen molar-refractivity contribution in [1.29, 1.82) is 0 Å². The van der Waals surface area contributed by atoms with Crippen molar-refractivity contribution >= 4 is 5.82 Å². The number of imidazole rings is 1. The lowest BCUT2D eigenvalue weighted by atomic mass is 9.97. The number of morpholine rings is 1. The maximum absolute atomic E-state index is 5.43. The second-order valence-electron chi connectivity index (χ2n) is 7.67. The van der Waals surface area contributed by atoms with Crippen LogP contribution < -0.4 is 4.90 Å². The van der Waals surface area contributed by atoms with E-state index in [2.05, 4.69) is 37.7 Å². The Bertz CT molecular complexity index is 727. The average molecular weight is 386 g/mol. The van der Waals surface area contributed by atoms with E-state index in [-0.39, 0.29) is 0 Å². The molecule has 2 aromatic rings. The second kappa shape index (κ2) is 9.49. The van der Waals surface area contributed by atoms with Crippen molar-refractivity contribution < 1.29 is 9.47 Å². The molecule has 4 heterocycles. The number of piperidine rings is 1. The summed E-state index contributed by atoms with van der Waals surface area (Å²) in [5.41, 5.74) is 1.27. The number of ether oxygens (including phenoxy) is 2. The van der Waals surface area contributed by atoms with Crippen LogP contribution in [0.3, 0.4) is 0 Å². The van der Waals surface area contributed by atoms with Crippen molar-refractivity contribution in [2.45, 2.75) is 31.8 Å². The summed E-state index contributed by atoms with van der Waals surface area (Å²) in [4.78, 5) is 14.3. The average Bonchev–Trinajstić information content (AvgIpc) is 3.22. The van der Waals surface area contributed by atoms with Crippen LogP contribution >= 0.6 is 0 Å². The van der Waals surface area contributed by atoms with E-state index in [0.717, 1.165) is 58.3 Å². The fraction of sp³-hybridized carbons (Fsp3) is 0.619. The van der Waals surface area contributed by atoms with Crippen LogP contribution in [0.2, 0.25) is 0 Å². The third kappa shape index (κ3) is 4.71. The summed E-state index contributed by atoms with van der Waals surface area (Å²) in [7, 11) is 1.74. The number of methoxy groups -OCH3 is 1. The highest BCUT2D eigenvalue weighted by Crippen LogP contribution is 2.28. The molecule has 0 saturated carbocycles. The number of hydrogen-bond donors (Lipinski definition) is 0. The normalized spacial score (nSPS) is 21.2. The number of aromatic nitrogens is 3. The Labute approximate surface area is 167 Å². The zero-order chi connectivity index (χ0) is 19.2. The minimum absolute atomic E-state index is 0.440. The summed E-state index contributed by atoms with van der Waals surface area (Å²) in [5.74, 6) is 2.69. The molecule has 1 atom stereocenters. The SMILES string of the molecule is COCCn1ccnc1[C@@H]1CCCN(c2ccc(CN3CCOCC3)cn2)C1. The molecule has 2 aliphatic heterocycles. The standard InChI is InChI=1S/C21H31N5O2/c1-27-12-11-25-8-6-22-21(25)19-3-2-7-26(17-19)20-5-4-18(15-23-20)16-24-9-13-28-14-10-24/h4-6,8,15,19H,2-3,7,9-14,16-17H2,1H3/t19-/m1/s1. The first kappa shape index (κ1) is 19.4. The second-order valence-corrected chi connectivity index (χ2v) is 7.67. The summed E-state index contributed by atoms with van der Waals surface area (Å²) in [6.45, 7) is 8.24. The van der Waals surface area contributed by atoms with Gasteiger partial charge >= 0.3 is 0 Å². The molecule has 152 valence electrons. The molecule has 0 unspecified atom stereocenters. The maximum Gasteiger partial charge on any atom is 0.128 e. The number of pyridine rings is 1. The maximum atomic E-state index is 5.43. The Hall–Kier alpha value is -1.96. The van der Waals surface area contributed by atoms with Gasteiger partial charge in [-0.1, -0.05) is 6.07 Å². The molecule has 4 rings (SSSR count). The number of rotatable bonds is 7. The smallest absolute Gasteiger partial charge is 0.128 e. The van der Waals surface area contributed by atoms with Gasteiger partial charge in [-0.25, -0.2) is 9.97 Å². The molecule has 28 heavy (non-hydrogen) atoms. The summed E-state index contributed by atoms with van der Waals surface area (Å²) in [5, 5.41) is 0. The highest BCUT2D eigenvalue weighted by Gasteiger charge is 2.25. The molecule has 0 bridgehead atoms. The topological polar surface area (TPSA) is 55.7 Å². The van der Waals surface area contributed by atoms with Crippen LogP contribution in [-0.4, -0.2) is 72.5 Å². The molecule has 0 spiro atoms. The number of anilines is 1. The molecule has 0 aromatic carbocycles. The molecule has 2 saturated heterocycles. The molecule has 2 aromatic heterocycles. The lowest BCUT2D eigenvalue weighted by Gasteiger charge is -2.33. The van der Waals surface area contributed by atoms with Gasteiger partial charge in [-0.05, 0) is 24.5 Å². The third-order valence-corrected chi connectivity index (χ3v) is 5.71. The van der Waals surface area contributed by atoms with Gasteiger partial charge in [0.2, 0.25) is 0 Å². The van der Waals surface area contributed by atoms with Crippen LogP contribution in [0.5, 0.6) is 0 Å². The third-order valence-electron chi connectivity index (χ3n) is 5.71. The van der Waals surface area contributed by atoms with Gasteiger partial charge in [0.1, 0.15) is 11.6 Å². The molecule has 2 aliphatic rings. The Morgan fingerprint density at radius 2 is 2.07 bits per heavy atom. The number of hydrogen-bond acceptors (Lipinski definition) is 6. The van der Waals surface area contributed by atoms with Gasteiger partial charge in [-0.15, -0.1) is 0 Å². The minimum Gasteiger partial charge on any atom is -0.383 e. The van der Waals surface area contributed by atoms with Gasteiger partial charge in [-0.3, -0.25) is 4.90 Å². The Kier molecular flexibility index (Phi) is 6.57. The van der Waals surface area contributed by atoms with E-state index in [9.17, 15) is 0 Å². The van der Waals surface area contributed by atoms with Crippen LogP contribution in [-0.2, 0) is 22.6 Å². The van der Waals surface area contributed by atoms with Gasteiger partial charge in [0, 0.05) is 70.9 Å². The molecule has 0 amide bonds. The van der Waals surface area contributed by atoms with E-state index in [0.29, 0.717) is 12.5 Å². The van der Waals surface area contributed by atoms with E-state index < -0.39 is 0 Å². The Morgan fingerprint density at radius 1 is 1.18 bits per heavy atom. The summed E-state index contributed by atoms with van der Waals surface area (Å²) in [6.07, 6.45) is 8.34. The van der Waals surface area contributed by atoms with Gasteiger partial charge in [0.15, 0.2) is 0 Å². The van der Waals surface area contributed by atoms with E-state index in [1.54, 1.807) is 7.11 Å². The molecule has 0 N–H and O–H groups in total. The molecular formula is C21H31N5O2. The van der Waals surface area contributed by atoms with Crippen molar-refractivity contribution in [3.8, 4) is 0 Å². The fourth-order valence-corrected chi connectivity index (χ4v) is 4.17. The van der Waals surface area contributed by atoms with E-state index >= 15 is 0 Å². The van der Waals surface area contributed by atoms with E-state index in [4.69, 9.17) is 14.5 Å². The summed E-state index contributed by atoms with van der Waals surface area (Å²) < 4.78 is 12.9. The Morgan fingerprint density at radius 3 is 2.86 bits per heavy atom. The van der Waals surface area contributed by atoms with Crippen molar-refractivity contribution in [2.24, 2.45) is 0 Å². The summed E-state index contributed by atoms with van der Waals surface area (Å²) >= 11 is 0. The van der Waals surface area contributed by atoms with Crippen molar-refractivity contribution in [3.05, 3.63) is 42.1 Å². The predicted octanol–water partition coefficient (Wildman–Crippen LogP) is 2.14. The highest BCUT2D eigenvalue weighted by molar-refractivity contribution is 5.40. The fourth-order valence-electron chi connectivity index (χ4n) is 4.17. The lowest BCUT2D eigenvalue weighted by molar-refractivity contribution is 0.0341. The highest BCUT2D eigenvalue weighted by atomic mass is 16.5. The van der Waals surface area contributed by atoms with Crippen LogP contribution in [0.15, 0.2) is 30.7 Å². The first-order chi connectivity index (χ1) is 13.8. The van der Waals surface area contributed by atoms with E-state index in [1.165, 1.54) is 24.2 Å². The number of nitrogens with zero attached hydrogens (tertiary/aromatic N) is 5. The van der Waals surface area contributed by atoms with Crippen molar-refractivity contribution in [2.75, 3.05) is 58.0 Å². The lowest BCUT2D eigenvalue weighted by Crippen LogP contribution is -2.36. The van der Waals surface area contributed by atoms with Crippen molar-refractivity contribution in [1.82, 2.24) is 19.4 Å². The van der Waals surface area contributed by atoms with Crippen LogP contribution in [0.1, 0.15) is 30.1 Å². The molecule has 0 aliphatic carbocycles. The summed E-state index contributed by atoms with van der Waals surface area (Å²) in [6, 6.07) is 4.40. The molecule has 7 nitrogen and oxygen atoms in total. The van der Waals surface area contributed by atoms with Gasteiger partial charge in [0.05, 0.1) is 19.8 Å². The van der Waals surface area contributed by atoms with Crippen LogP contribution in [0, 0.1) is 0 Å². The quantitative estimate of drug-likeness (QED) is 0.728. The Balaban J connectivity index is 1.38. The molecule has 2 fully saturated rings. The van der Waals surface area contributed by atoms with Gasteiger partial charge < -0.3 is 18.9 Å². The largest absolute Gasteiger partial charge is 0.383 e. The van der Waals surface area contributed by atoms with Gasteiger partial charge in [-0.2, -0.15) is 0 Å².